The Morgan fingerprint density at radius 2 is 1.88 bits per heavy atom. The van der Waals surface area contributed by atoms with E-state index in [1.54, 1.807) is 19.2 Å². The second kappa shape index (κ2) is 9.27. The summed E-state index contributed by atoms with van der Waals surface area (Å²) in [6, 6.07) is 5.92. The van der Waals surface area contributed by atoms with Crippen molar-refractivity contribution in [3.63, 3.8) is 0 Å². The first-order valence-corrected chi connectivity index (χ1v) is 10.8. The highest BCUT2D eigenvalue weighted by atomic mass is 19.1. The molecule has 0 atom stereocenters. The van der Waals surface area contributed by atoms with Gasteiger partial charge in [-0.2, -0.15) is 9.37 Å². The molecule has 0 bridgehead atoms. The SMILES string of the molecule is Cc1cc2c(F)c(Oc3ncnc(Nc4ccc(CN5CCNCC5)cn4)c3F)cc(F)c2[nH]1. The summed E-state index contributed by atoms with van der Waals surface area (Å²) < 4.78 is 49.5. The van der Waals surface area contributed by atoms with Gasteiger partial charge in [0.1, 0.15) is 12.1 Å². The minimum absolute atomic E-state index is 0.00502. The first-order valence-electron chi connectivity index (χ1n) is 10.8. The fourth-order valence-corrected chi connectivity index (χ4v) is 3.87. The third kappa shape index (κ3) is 4.52. The number of hydrogen-bond donors (Lipinski definition) is 3. The molecule has 8 nitrogen and oxygen atoms in total. The van der Waals surface area contributed by atoms with Gasteiger partial charge in [0.15, 0.2) is 23.2 Å². The predicted octanol–water partition coefficient (Wildman–Crippen LogP) is 4.02. The van der Waals surface area contributed by atoms with Gasteiger partial charge in [0.2, 0.25) is 5.82 Å². The van der Waals surface area contributed by atoms with Crippen molar-refractivity contribution in [2.45, 2.75) is 13.5 Å². The third-order valence-corrected chi connectivity index (χ3v) is 5.55. The average molecular weight is 469 g/mol. The van der Waals surface area contributed by atoms with Gasteiger partial charge < -0.3 is 20.4 Å². The number of nitrogens with zero attached hydrogens (tertiary/aromatic N) is 4. The summed E-state index contributed by atoms with van der Waals surface area (Å²) in [5.41, 5.74) is 1.63. The highest BCUT2D eigenvalue weighted by Crippen LogP contribution is 2.33. The zero-order valence-electron chi connectivity index (χ0n) is 18.3. The quantitative estimate of drug-likeness (QED) is 0.393. The molecule has 1 aliphatic rings. The summed E-state index contributed by atoms with van der Waals surface area (Å²) in [7, 11) is 0. The van der Waals surface area contributed by atoms with Gasteiger partial charge in [-0.25, -0.2) is 18.7 Å². The van der Waals surface area contributed by atoms with Gasteiger partial charge in [-0.15, -0.1) is 0 Å². The topological polar surface area (TPSA) is 91.0 Å². The summed E-state index contributed by atoms with van der Waals surface area (Å²) in [5, 5.41) is 6.09. The summed E-state index contributed by atoms with van der Waals surface area (Å²) in [6.45, 7) is 6.31. The Morgan fingerprint density at radius 1 is 1.06 bits per heavy atom. The van der Waals surface area contributed by atoms with Gasteiger partial charge in [-0.1, -0.05) is 6.07 Å². The number of halogens is 3. The molecular formula is C23H22F3N7O. The van der Waals surface area contributed by atoms with Crippen LogP contribution in [0.25, 0.3) is 10.9 Å². The normalized spacial score (nSPS) is 14.5. The standard InChI is InChI=1S/C23H22F3N7O/c1-13-8-15-19(25)17(9-16(24)21(15)31-13)34-23-20(26)22(29-12-30-23)32-18-3-2-14(10-28-18)11-33-6-4-27-5-7-33/h2-3,8-10,12,27,31H,4-7,11H2,1H3,(H,28,29,30,32). The molecule has 176 valence electrons. The molecule has 3 N–H and O–H groups in total. The highest BCUT2D eigenvalue weighted by Gasteiger charge is 2.20. The van der Waals surface area contributed by atoms with E-state index in [0.717, 1.165) is 50.7 Å². The van der Waals surface area contributed by atoms with Crippen LogP contribution in [0.5, 0.6) is 11.6 Å². The molecule has 0 spiro atoms. The zero-order valence-corrected chi connectivity index (χ0v) is 18.3. The maximum Gasteiger partial charge on any atom is 0.261 e. The maximum atomic E-state index is 15.0. The molecule has 0 radical (unpaired) electrons. The highest BCUT2D eigenvalue weighted by molar-refractivity contribution is 5.83. The second-order valence-corrected chi connectivity index (χ2v) is 8.06. The minimum atomic E-state index is -0.959. The lowest BCUT2D eigenvalue weighted by Gasteiger charge is -2.27. The monoisotopic (exact) mass is 469 g/mol. The first-order chi connectivity index (χ1) is 16.5. The van der Waals surface area contributed by atoms with Gasteiger partial charge in [-0.3, -0.25) is 4.90 Å². The Bertz CT molecular complexity index is 1320. The Hall–Kier alpha value is -3.70. The van der Waals surface area contributed by atoms with Crippen molar-refractivity contribution < 1.29 is 17.9 Å². The van der Waals surface area contributed by atoms with E-state index < -0.39 is 29.1 Å². The van der Waals surface area contributed by atoms with Crippen LogP contribution in [-0.4, -0.2) is 51.0 Å². The van der Waals surface area contributed by atoms with E-state index >= 15 is 4.39 Å². The zero-order chi connectivity index (χ0) is 23.7. The smallest absolute Gasteiger partial charge is 0.261 e. The molecule has 11 heteroatoms. The van der Waals surface area contributed by atoms with E-state index in [9.17, 15) is 8.78 Å². The summed E-state index contributed by atoms with van der Waals surface area (Å²) in [4.78, 5) is 17.0. The lowest BCUT2D eigenvalue weighted by Crippen LogP contribution is -2.42. The number of nitrogens with one attached hydrogen (secondary N) is 3. The molecule has 1 saturated heterocycles. The average Bonchev–Trinajstić information content (AvgIpc) is 3.24. The van der Waals surface area contributed by atoms with E-state index in [2.05, 4.69) is 35.5 Å². The van der Waals surface area contributed by atoms with Gasteiger partial charge >= 0.3 is 0 Å². The van der Waals surface area contributed by atoms with Crippen LogP contribution in [-0.2, 0) is 6.54 Å². The van der Waals surface area contributed by atoms with Crippen LogP contribution in [0, 0.1) is 24.4 Å². The van der Waals surface area contributed by atoms with Crippen LogP contribution in [0.2, 0.25) is 0 Å². The number of aromatic amines is 1. The van der Waals surface area contributed by atoms with Crippen LogP contribution in [0.4, 0.5) is 24.8 Å². The first kappa shape index (κ1) is 22.1. The van der Waals surface area contributed by atoms with Gasteiger partial charge in [-0.05, 0) is 24.6 Å². The summed E-state index contributed by atoms with van der Waals surface area (Å²) >= 11 is 0. The number of aryl methyl sites for hydroxylation is 1. The Balaban J connectivity index is 1.33. The van der Waals surface area contributed by atoms with Crippen molar-refractivity contribution in [3.05, 3.63) is 65.5 Å². The largest absolute Gasteiger partial charge is 0.433 e. The number of piperazine rings is 1. The lowest BCUT2D eigenvalue weighted by atomic mass is 10.2. The van der Waals surface area contributed by atoms with Crippen LogP contribution in [0.3, 0.4) is 0 Å². The van der Waals surface area contributed by atoms with Gasteiger partial charge in [0.25, 0.3) is 5.88 Å². The molecule has 34 heavy (non-hydrogen) atoms. The summed E-state index contributed by atoms with van der Waals surface area (Å²) in [6.07, 6.45) is 2.78. The second-order valence-electron chi connectivity index (χ2n) is 8.06. The van der Waals surface area contributed by atoms with E-state index in [4.69, 9.17) is 4.74 Å². The molecule has 0 aliphatic carbocycles. The molecule has 5 rings (SSSR count). The van der Waals surface area contributed by atoms with Crippen LogP contribution in [0.1, 0.15) is 11.3 Å². The van der Waals surface area contributed by atoms with Crippen LogP contribution >= 0.6 is 0 Å². The van der Waals surface area contributed by atoms with Crippen molar-refractivity contribution in [1.29, 1.82) is 0 Å². The van der Waals surface area contributed by atoms with E-state index in [1.165, 1.54) is 6.07 Å². The summed E-state index contributed by atoms with van der Waals surface area (Å²) in [5.74, 6) is -3.37. The number of benzene rings is 1. The molecule has 4 aromatic rings. The Morgan fingerprint density at radius 3 is 2.65 bits per heavy atom. The molecule has 1 fully saturated rings. The van der Waals surface area contributed by atoms with Crippen molar-refractivity contribution in [2.24, 2.45) is 0 Å². The molecule has 4 heterocycles. The van der Waals surface area contributed by atoms with Crippen LogP contribution in [0.15, 0.2) is 36.8 Å². The third-order valence-electron chi connectivity index (χ3n) is 5.55. The molecular weight excluding hydrogens is 447 g/mol. The number of hydrogen-bond acceptors (Lipinski definition) is 7. The van der Waals surface area contributed by atoms with Gasteiger partial charge in [0.05, 0.1) is 5.52 Å². The fraction of sp³-hybridized carbons (Fsp3) is 0.261. The number of H-pyrrole nitrogens is 1. The van der Waals surface area contributed by atoms with Gasteiger partial charge in [0, 0.05) is 56.1 Å². The molecule has 1 aromatic carbocycles. The fourth-order valence-electron chi connectivity index (χ4n) is 3.87. The molecule has 0 saturated carbocycles. The predicted molar refractivity (Wildman–Crippen MR) is 121 cm³/mol. The van der Waals surface area contributed by atoms with E-state index in [-0.39, 0.29) is 16.7 Å². The number of aromatic nitrogens is 4. The van der Waals surface area contributed by atoms with E-state index in [1.807, 2.05) is 6.07 Å². The molecule has 0 amide bonds. The van der Waals surface area contributed by atoms with Crippen molar-refractivity contribution in [2.75, 3.05) is 31.5 Å². The molecule has 1 aliphatic heterocycles. The number of anilines is 2. The number of rotatable bonds is 6. The Kier molecular flexibility index (Phi) is 6.03. The van der Waals surface area contributed by atoms with Crippen molar-refractivity contribution >= 4 is 22.5 Å². The van der Waals surface area contributed by atoms with E-state index in [0.29, 0.717) is 11.5 Å². The molecule has 0 unspecified atom stereocenters. The maximum absolute atomic E-state index is 15.0. The minimum Gasteiger partial charge on any atom is -0.433 e. The number of fused-ring (bicyclic) bond motifs is 1. The van der Waals surface area contributed by atoms with Crippen molar-refractivity contribution in [3.8, 4) is 11.6 Å². The number of pyridine rings is 1. The Labute approximate surface area is 193 Å². The lowest BCUT2D eigenvalue weighted by molar-refractivity contribution is 0.233. The van der Waals surface area contributed by atoms with Crippen molar-refractivity contribution in [1.82, 2.24) is 30.2 Å². The number of ether oxygens (including phenoxy) is 1. The molecule has 3 aromatic heterocycles. The van der Waals surface area contributed by atoms with Crippen LogP contribution < -0.4 is 15.4 Å².